The van der Waals surface area contributed by atoms with Gasteiger partial charge >= 0.3 is 5.97 Å². The van der Waals surface area contributed by atoms with E-state index in [1.807, 2.05) is 35.2 Å². The number of hydrogen-bond acceptors (Lipinski definition) is 3. The number of nitrogens with zero attached hydrogens (tertiary/aromatic N) is 1. The van der Waals surface area contributed by atoms with E-state index in [9.17, 15) is 9.59 Å². The molecule has 0 radical (unpaired) electrons. The molecule has 1 unspecified atom stereocenters. The van der Waals surface area contributed by atoms with Crippen molar-refractivity contribution in [3.8, 4) is 0 Å². The van der Waals surface area contributed by atoms with Gasteiger partial charge in [0.2, 0.25) is 0 Å². The Kier molecular flexibility index (Phi) is 5.52. The summed E-state index contributed by atoms with van der Waals surface area (Å²) in [7, 11) is 0. The summed E-state index contributed by atoms with van der Waals surface area (Å²) in [6.07, 6.45) is 0. The highest BCUT2D eigenvalue weighted by Crippen LogP contribution is 2.07. The summed E-state index contributed by atoms with van der Waals surface area (Å²) in [5, 5.41) is 8.92. The molecular weight excluding hydrogens is 230 g/mol. The lowest BCUT2D eigenvalue weighted by molar-refractivity contribution is -0.142. The largest absolute Gasteiger partial charge is 0.481 e. The monoisotopic (exact) mass is 249 g/mol. The van der Waals surface area contributed by atoms with Gasteiger partial charge in [-0.25, -0.2) is 0 Å². The van der Waals surface area contributed by atoms with Crippen LogP contribution in [0.3, 0.4) is 0 Å². The smallest absolute Gasteiger partial charge is 0.307 e. The average molecular weight is 249 g/mol. The molecule has 1 rings (SSSR count). The second-order valence-corrected chi connectivity index (χ2v) is 4.60. The van der Waals surface area contributed by atoms with Gasteiger partial charge in [0.15, 0.2) is 0 Å². The van der Waals surface area contributed by atoms with Gasteiger partial charge in [0, 0.05) is 13.1 Å². The maximum absolute atomic E-state index is 11.2. The van der Waals surface area contributed by atoms with Crippen molar-refractivity contribution in [3.63, 3.8) is 0 Å². The number of carbonyl (C=O) groups is 2. The molecule has 0 aliphatic rings. The molecule has 4 heteroatoms. The lowest BCUT2D eigenvalue weighted by Gasteiger charge is -2.23. The molecule has 4 nitrogen and oxygen atoms in total. The first-order valence-corrected chi connectivity index (χ1v) is 5.97. The normalized spacial score (nSPS) is 12.4. The van der Waals surface area contributed by atoms with Crippen LogP contribution in [0.5, 0.6) is 0 Å². The minimum absolute atomic E-state index is 0.0449. The SMILES string of the molecule is CC(=O)CN(Cc1ccccc1)CC(C)C(=O)O. The topological polar surface area (TPSA) is 57.6 Å². The Morgan fingerprint density at radius 1 is 1.28 bits per heavy atom. The third kappa shape index (κ3) is 5.10. The highest BCUT2D eigenvalue weighted by atomic mass is 16.4. The summed E-state index contributed by atoms with van der Waals surface area (Å²) in [6.45, 7) is 4.43. The van der Waals surface area contributed by atoms with Gasteiger partial charge < -0.3 is 5.11 Å². The Morgan fingerprint density at radius 3 is 2.39 bits per heavy atom. The summed E-state index contributed by atoms with van der Waals surface area (Å²) in [6, 6.07) is 9.74. The van der Waals surface area contributed by atoms with Gasteiger partial charge in [-0.05, 0) is 12.5 Å². The van der Waals surface area contributed by atoms with Gasteiger partial charge in [0.25, 0.3) is 0 Å². The zero-order valence-corrected chi connectivity index (χ0v) is 10.8. The first kappa shape index (κ1) is 14.4. The number of carbonyl (C=O) groups excluding carboxylic acids is 1. The molecule has 0 amide bonds. The van der Waals surface area contributed by atoms with Crippen LogP contribution in [0.2, 0.25) is 0 Å². The van der Waals surface area contributed by atoms with Gasteiger partial charge in [0.1, 0.15) is 5.78 Å². The quantitative estimate of drug-likeness (QED) is 0.800. The zero-order valence-electron chi connectivity index (χ0n) is 10.8. The minimum atomic E-state index is -0.836. The van der Waals surface area contributed by atoms with Crippen LogP contribution in [0.4, 0.5) is 0 Å². The van der Waals surface area contributed by atoms with Crippen molar-refractivity contribution in [2.45, 2.75) is 20.4 Å². The molecular formula is C14H19NO3. The molecule has 0 aromatic heterocycles. The van der Waals surface area contributed by atoms with Crippen LogP contribution >= 0.6 is 0 Å². The Balaban J connectivity index is 2.66. The zero-order chi connectivity index (χ0) is 13.5. The Morgan fingerprint density at radius 2 is 1.89 bits per heavy atom. The summed E-state index contributed by atoms with van der Waals surface area (Å²) < 4.78 is 0. The highest BCUT2D eigenvalue weighted by molar-refractivity contribution is 5.77. The minimum Gasteiger partial charge on any atom is -0.481 e. The van der Waals surface area contributed by atoms with Gasteiger partial charge in [0.05, 0.1) is 12.5 Å². The molecule has 98 valence electrons. The van der Waals surface area contributed by atoms with Gasteiger partial charge in [-0.15, -0.1) is 0 Å². The highest BCUT2D eigenvalue weighted by Gasteiger charge is 2.17. The van der Waals surface area contributed by atoms with E-state index in [4.69, 9.17) is 5.11 Å². The van der Waals surface area contributed by atoms with E-state index in [0.717, 1.165) is 5.56 Å². The molecule has 0 saturated heterocycles. The first-order valence-electron chi connectivity index (χ1n) is 5.97. The van der Waals surface area contributed by atoms with E-state index < -0.39 is 11.9 Å². The molecule has 0 saturated carbocycles. The van der Waals surface area contributed by atoms with E-state index in [1.54, 1.807) is 6.92 Å². The first-order chi connectivity index (χ1) is 8.49. The number of rotatable bonds is 7. The second-order valence-electron chi connectivity index (χ2n) is 4.60. The number of Topliss-reactive ketones (excluding diaryl/α,β-unsaturated/α-hetero) is 1. The van der Waals surface area contributed by atoms with Crippen molar-refractivity contribution < 1.29 is 14.7 Å². The van der Waals surface area contributed by atoms with Crippen molar-refractivity contribution in [3.05, 3.63) is 35.9 Å². The van der Waals surface area contributed by atoms with E-state index >= 15 is 0 Å². The number of benzene rings is 1. The average Bonchev–Trinajstić information content (AvgIpc) is 2.29. The van der Waals surface area contributed by atoms with E-state index in [2.05, 4.69) is 0 Å². The van der Waals surface area contributed by atoms with Crippen molar-refractivity contribution in [1.82, 2.24) is 4.90 Å². The molecule has 0 spiro atoms. The van der Waals surface area contributed by atoms with Crippen LogP contribution in [0.1, 0.15) is 19.4 Å². The molecule has 0 bridgehead atoms. The van der Waals surface area contributed by atoms with Crippen molar-refractivity contribution in [2.75, 3.05) is 13.1 Å². The van der Waals surface area contributed by atoms with Crippen LogP contribution < -0.4 is 0 Å². The predicted molar refractivity (Wildman–Crippen MR) is 69.2 cm³/mol. The molecule has 1 atom stereocenters. The van der Waals surface area contributed by atoms with Crippen molar-refractivity contribution in [2.24, 2.45) is 5.92 Å². The second kappa shape index (κ2) is 6.91. The third-order valence-corrected chi connectivity index (χ3v) is 2.65. The number of ketones is 1. The number of carboxylic acid groups (broad SMARTS) is 1. The maximum Gasteiger partial charge on any atom is 0.307 e. The number of carboxylic acids is 1. The van der Waals surface area contributed by atoms with Crippen LogP contribution in [0, 0.1) is 5.92 Å². The third-order valence-electron chi connectivity index (χ3n) is 2.65. The number of aliphatic carboxylic acids is 1. The molecule has 18 heavy (non-hydrogen) atoms. The Bertz CT molecular complexity index is 403. The molecule has 1 aromatic rings. The lowest BCUT2D eigenvalue weighted by Crippen LogP contribution is -2.34. The molecule has 1 N–H and O–H groups in total. The van der Waals surface area contributed by atoms with Gasteiger partial charge in [-0.1, -0.05) is 37.3 Å². The summed E-state index contributed by atoms with van der Waals surface area (Å²) in [4.78, 5) is 23.9. The molecule has 0 fully saturated rings. The fourth-order valence-corrected chi connectivity index (χ4v) is 1.81. The van der Waals surface area contributed by atoms with Crippen LogP contribution in [0.15, 0.2) is 30.3 Å². The summed E-state index contributed by atoms with van der Waals surface area (Å²) >= 11 is 0. The van der Waals surface area contributed by atoms with E-state index in [-0.39, 0.29) is 12.3 Å². The standard InChI is InChI=1S/C14H19NO3/c1-11(14(17)18)8-15(9-12(2)16)10-13-6-4-3-5-7-13/h3-7,11H,8-10H2,1-2H3,(H,17,18). The maximum atomic E-state index is 11.2. The predicted octanol–water partition coefficient (Wildman–Crippen LogP) is 1.80. The van der Waals surface area contributed by atoms with Gasteiger partial charge in [-0.2, -0.15) is 0 Å². The molecule has 0 heterocycles. The van der Waals surface area contributed by atoms with Crippen LogP contribution in [-0.2, 0) is 16.1 Å². The molecule has 0 aliphatic carbocycles. The Labute approximate surface area is 107 Å². The van der Waals surface area contributed by atoms with Crippen LogP contribution in [-0.4, -0.2) is 34.8 Å². The summed E-state index contributed by atoms with van der Waals surface area (Å²) in [5.74, 6) is -1.27. The van der Waals surface area contributed by atoms with E-state index in [1.165, 1.54) is 6.92 Å². The van der Waals surface area contributed by atoms with Crippen LogP contribution in [0.25, 0.3) is 0 Å². The van der Waals surface area contributed by atoms with Gasteiger partial charge in [-0.3, -0.25) is 14.5 Å². The summed E-state index contributed by atoms with van der Waals surface area (Å²) in [5.41, 5.74) is 1.08. The lowest BCUT2D eigenvalue weighted by atomic mass is 10.1. The molecule has 1 aromatic carbocycles. The van der Waals surface area contributed by atoms with Crippen molar-refractivity contribution in [1.29, 1.82) is 0 Å². The fraction of sp³-hybridized carbons (Fsp3) is 0.429. The van der Waals surface area contributed by atoms with E-state index in [0.29, 0.717) is 13.1 Å². The Hall–Kier alpha value is -1.68. The fourth-order valence-electron chi connectivity index (χ4n) is 1.81. The number of hydrogen-bond donors (Lipinski definition) is 1. The molecule has 0 aliphatic heterocycles. The van der Waals surface area contributed by atoms with Crippen molar-refractivity contribution >= 4 is 11.8 Å².